The molecule has 0 aliphatic heterocycles. The highest BCUT2D eigenvalue weighted by molar-refractivity contribution is 6.03. The number of carbonyl (C=O) groups excluding carboxylic acids is 1. The lowest BCUT2D eigenvalue weighted by atomic mass is 9.88. The molecular weight excluding hydrogens is 362 g/mol. The van der Waals surface area contributed by atoms with Crippen molar-refractivity contribution in [2.45, 2.75) is 48.0 Å². The van der Waals surface area contributed by atoms with Gasteiger partial charge in [-0.1, -0.05) is 12.1 Å². The smallest absolute Gasteiger partial charge is 0.291 e. The molecule has 0 bridgehead atoms. The van der Waals surface area contributed by atoms with Crippen LogP contribution in [0.5, 0.6) is 5.75 Å². The third kappa shape index (κ3) is 3.93. The first kappa shape index (κ1) is 20.7. The van der Waals surface area contributed by atoms with Gasteiger partial charge in [-0.15, -0.1) is 0 Å². The Kier molecular flexibility index (Phi) is 5.83. The van der Waals surface area contributed by atoms with Gasteiger partial charge >= 0.3 is 0 Å². The van der Waals surface area contributed by atoms with E-state index in [0.717, 1.165) is 11.3 Å². The number of benzene rings is 2. The van der Waals surface area contributed by atoms with Crippen LogP contribution in [-0.2, 0) is 6.42 Å². The maximum absolute atomic E-state index is 12.7. The van der Waals surface area contributed by atoms with E-state index in [9.17, 15) is 4.79 Å². The van der Waals surface area contributed by atoms with Gasteiger partial charge < -0.3 is 14.5 Å². The van der Waals surface area contributed by atoms with E-state index in [0.29, 0.717) is 23.6 Å². The summed E-state index contributed by atoms with van der Waals surface area (Å²) >= 11 is 0. The van der Waals surface area contributed by atoms with E-state index in [4.69, 9.17) is 9.15 Å². The van der Waals surface area contributed by atoms with Crippen LogP contribution in [0.15, 0.2) is 34.7 Å². The first-order valence-electron chi connectivity index (χ1n) is 9.84. The average Bonchev–Trinajstić information content (AvgIpc) is 3.18. The number of anilines is 1. The minimum atomic E-state index is -0.284. The zero-order valence-corrected chi connectivity index (χ0v) is 18.3. The van der Waals surface area contributed by atoms with Gasteiger partial charge in [0.1, 0.15) is 11.5 Å². The number of hydrogen-bond acceptors (Lipinski definition) is 3. The quantitative estimate of drug-likeness (QED) is 0.582. The molecule has 3 rings (SSSR count). The Morgan fingerprint density at radius 1 is 0.897 bits per heavy atom. The van der Waals surface area contributed by atoms with Crippen molar-refractivity contribution in [2.75, 3.05) is 12.4 Å². The molecule has 3 aromatic rings. The predicted molar refractivity (Wildman–Crippen MR) is 117 cm³/mol. The highest BCUT2D eigenvalue weighted by Crippen LogP contribution is 2.30. The molecule has 1 amide bonds. The number of nitrogens with one attached hydrogen (secondary N) is 1. The van der Waals surface area contributed by atoms with Crippen molar-refractivity contribution < 1.29 is 13.9 Å². The van der Waals surface area contributed by atoms with Gasteiger partial charge in [0.2, 0.25) is 0 Å². The molecule has 4 heteroatoms. The van der Waals surface area contributed by atoms with Crippen LogP contribution < -0.4 is 10.1 Å². The molecule has 152 valence electrons. The van der Waals surface area contributed by atoms with Crippen LogP contribution >= 0.6 is 0 Å². The highest BCUT2D eigenvalue weighted by Gasteiger charge is 2.18. The Balaban J connectivity index is 1.85. The second-order valence-electron chi connectivity index (χ2n) is 7.65. The van der Waals surface area contributed by atoms with Crippen LogP contribution in [0.4, 0.5) is 5.69 Å². The Morgan fingerprint density at radius 3 is 2.14 bits per heavy atom. The van der Waals surface area contributed by atoms with Gasteiger partial charge in [0.15, 0.2) is 5.76 Å². The number of ether oxygens (including phenoxy) is 1. The molecule has 1 N–H and O–H groups in total. The van der Waals surface area contributed by atoms with Crippen LogP contribution in [0.25, 0.3) is 0 Å². The Labute approximate surface area is 172 Å². The first-order valence-corrected chi connectivity index (χ1v) is 9.84. The van der Waals surface area contributed by atoms with Crippen molar-refractivity contribution in [3.05, 3.63) is 80.8 Å². The Morgan fingerprint density at radius 2 is 1.52 bits per heavy atom. The predicted octanol–water partition coefficient (Wildman–Crippen LogP) is 5.98. The standard InChI is InChI=1S/C25H29NO3/c1-14-9-8-10-22(28-7)24(14)26-25(27)23-12-11-20(29-23)13-21-18(5)16(3)15(2)17(4)19(21)6/h8-12H,13H2,1-7H3,(H,26,27). The van der Waals surface area contributed by atoms with Gasteiger partial charge in [-0.25, -0.2) is 0 Å². The molecule has 0 saturated carbocycles. The molecule has 0 radical (unpaired) electrons. The highest BCUT2D eigenvalue weighted by atomic mass is 16.5. The SMILES string of the molecule is COc1cccc(C)c1NC(=O)c1ccc(Cc2c(C)c(C)c(C)c(C)c2C)o1. The minimum Gasteiger partial charge on any atom is -0.495 e. The number of furan rings is 1. The van der Waals surface area contributed by atoms with E-state index in [-0.39, 0.29) is 5.91 Å². The summed E-state index contributed by atoms with van der Waals surface area (Å²) in [6.45, 7) is 12.7. The summed E-state index contributed by atoms with van der Waals surface area (Å²) in [7, 11) is 1.59. The summed E-state index contributed by atoms with van der Waals surface area (Å²) in [4.78, 5) is 12.7. The zero-order valence-electron chi connectivity index (χ0n) is 18.3. The second kappa shape index (κ2) is 8.16. The summed E-state index contributed by atoms with van der Waals surface area (Å²) in [5.41, 5.74) is 9.42. The molecule has 0 fully saturated rings. The molecule has 2 aromatic carbocycles. The van der Waals surface area contributed by atoms with E-state index < -0.39 is 0 Å². The van der Waals surface area contributed by atoms with E-state index in [1.54, 1.807) is 13.2 Å². The van der Waals surface area contributed by atoms with Crippen molar-refractivity contribution in [3.8, 4) is 5.75 Å². The maximum Gasteiger partial charge on any atom is 0.291 e. The summed E-state index contributed by atoms with van der Waals surface area (Å²) in [6, 6.07) is 9.26. The number of hydrogen-bond donors (Lipinski definition) is 1. The molecular formula is C25H29NO3. The van der Waals surface area contributed by atoms with Crippen LogP contribution in [0.3, 0.4) is 0 Å². The van der Waals surface area contributed by atoms with Gasteiger partial charge in [0.25, 0.3) is 5.91 Å². The number of para-hydroxylation sites is 1. The number of carbonyl (C=O) groups is 1. The molecule has 0 aliphatic carbocycles. The largest absolute Gasteiger partial charge is 0.495 e. The lowest BCUT2D eigenvalue weighted by molar-refractivity contribution is 0.0994. The van der Waals surface area contributed by atoms with Gasteiger partial charge in [-0.05, 0) is 98.7 Å². The fourth-order valence-corrected chi connectivity index (χ4v) is 3.76. The lowest BCUT2D eigenvalue weighted by Gasteiger charge is -2.18. The maximum atomic E-state index is 12.7. The van der Waals surface area contributed by atoms with Crippen molar-refractivity contribution in [1.29, 1.82) is 0 Å². The van der Waals surface area contributed by atoms with E-state index in [1.807, 2.05) is 31.2 Å². The number of rotatable bonds is 5. The average molecular weight is 392 g/mol. The molecule has 0 aliphatic rings. The summed E-state index contributed by atoms with van der Waals surface area (Å²) in [6.07, 6.45) is 0.667. The normalized spacial score (nSPS) is 10.9. The lowest BCUT2D eigenvalue weighted by Crippen LogP contribution is -2.12. The zero-order chi connectivity index (χ0) is 21.3. The number of amides is 1. The van der Waals surface area contributed by atoms with Crippen LogP contribution in [0.1, 0.15) is 55.3 Å². The van der Waals surface area contributed by atoms with Gasteiger partial charge in [0, 0.05) is 6.42 Å². The molecule has 0 spiro atoms. The Hall–Kier alpha value is -3.01. The van der Waals surface area contributed by atoms with Crippen molar-refractivity contribution in [3.63, 3.8) is 0 Å². The number of aryl methyl sites for hydroxylation is 1. The van der Waals surface area contributed by atoms with Crippen molar-refractivity contribution in [1.82, 2.24) is 0 Å². The monoisotopic (exact) mass is 391 g/mol. The summed E-state index contributed by atoms with van der Waals surface area (Å²) < 4.78 is 11.3. The second-order valence-corrected chi connectivity index (χ2v) is 7.65. The van der Waals surface area contributed by atoms with E-state index >= 15 is 0 Å². The van der Waals surface area contributed by atoms with Crippen molar-refractivity contribution in [2.24, 2.45) is 0 Å². The van der Waals surface area contributed by atoms with Gasteiger partial charge in [-0.2, -0.15) is 0 Å². The van der Waals surface area contributed by atoms with Crippen LogP contribution in [-0.4, -0.2) is 13.0 Å². The third-order valence-corrected chi connectivity index (χ3v) is 6.08. The molecule has 4 nitrogen and oxygen atoms in total. The molecule has 1 heterocycles. The van der Waals surface area contributed by atoms with Crippen LogP contribution in [0, 0.1) is 41.5 Å². The van der Waals surface area contributed by atoms with E-state index in [2.05, 4.69) is 39.9 Å². The molecule has 0 atom stereocenters. The van der Waals surface area contributed by atoms with Crippen LogP contribution in [0.2, 0.25) is 0 Å². The van der Waals surface area contributed by atoms with Crippen molar-refractivity contribution >= 4 is 11.6 Å². The number of methoxy groups -OCH3 is 1. The minimum absolute atomic E-state index is 0.284. The topological polar surface area (TPSA) is 51.5 Å². The molecule has 0 saturated heterocycles. The summed E-state index contributed by atoms with van der Waals surface area (Å²) in [5.74, 6) is 1.41. The Bertz CT molecular complexity index is 1050. The third-order valence-electron chi connectivity index (χ3n) is 6.08. The van der Waals surface area contributed by atoms with Gasteiger partial charge in [-0.3, -0.25) is 4.79 Å². The molecule has 1 aromatic heterocycles. The molecule has 0 unspecified atom stereocenters. The van der Waals surface area contributed by atoms with Gasteiger partial charge in [0.05, 0.1) is 12.8 Å². The fourth-order valence-electron chi connectivity index (χ4n) is 3.76. The first-order chi connectivity index (χ1) is 13.7. The summed E-state index contributed by atoms with van der Waals surface area (Å²) in [5, 5.41) is 2.91. The molecule has 29 heavy (non-hydrogen) atoms. The fraction of sp³-hybridized carbons (Fsp3) is 0.320. The van der Waals surface area contributed by atoms with E-state index in [1.165, 1.54) is 33.4 Å².